The lowest BCUT2D eigenvalue weighted by Crippen LogP contribution is -2.19. The van der Waals surface area contributed by atoms with E-state index in [1.165, 1.54) is 18.0 Å². The molecule has 2 heterocycles. The van der Waals surface area contributed by atoms with Crippen molar-refractivity contribution in [3.05, 3.63) is 65.2 Å². The van der Waals surface area contributed by atoms with Gasteiger partial charge in [0.25, 0.3) is 5.91 Å². The van der Waals surface area contributed by atoms with Gasteiger partial charge in [-0.1, -0.05) is 41.6 Å². The number of rotatable bonds is 6. The molecule has 1 amide bonds. The zero-order valence-corrected chi connectivity index (χ0v) is 15.4. The summed E-state index contributed by atoms with van der Waals surface area (Å²) in [6.45, 7) is 1.89. The van der Waals surface area contributed by atoms with Crippen LogP contribution >= 0.6 is 23.4 Å². The normalized spacial score (nSPS) is 11.0. The summed E-state index contributed by atoms with van der Waals surface area (Å²) in [7, 11) is 0. The summed E-state index contributed by atoms with van der Waals surface area (Å²) in [6.07, 6.45) is 4.74. The van der Waals surface area contributed by atoms with Crippen LogP contribution < -0.4 is 5.43 Å². The molecule has 0 spiro atoms. The molecule has 7 nitrogen and oxygen atoms in total. The highest BCUT2D eigenvalue weighted by Gasteiger charge is 2.12. The Morgan fingerprint density at radius 3 is 2.73 bits per heavy atom. The van der Waals surface area contributed by atoms with Crippen LogP contribution in [0.3, 0.4) is 0 Å². The minimum atomic E-state index is -0.261. The number of amides is 1. The molecule has 0 radical (unpaired) electrons. The number of carbonyl (C=O) groups is 1. The topological polar surface area (TPSA) is 85.1 Å². The van der Waals surface area contributed by atoms with E-state index in [2.05, 4.69) is 25.6 Å². The van der Waals surface area contributed by atoms with Crippen molar-refractivity contribution in [3.8, 4) is 5.69 Å². The second-order valence-corrected chi connectivity index (χ2v) is 6.45. The molecular formula is C17H15ClN6OS. The molecule has 0 unspecified atom stereocenters. The van der Waals surface area contributed by atoms with Gasteiger partial charge in [-0.05, 0) is 25.1 Å². The number of hydrogen-bond donors (Lipinski definition) is 1. The third-order valence-electron chi connectivity index (χ3n) is 3.38. The fourth-order valence-corrected chi connectivity index (χ4v) is 3.00. The van der Waals surface area contributed by atoms with Crippen LogP contribution in [-0.2, 0) is 4.79 Å². The SMILES string of the molecule is Cc1c(/C=N\NC(=O)CSc2ncccn2)c(Cl)nn1-c1ccccc1. The number of nitrogens with zero attached hydrogens (tertiary/aromatic N) is 5. The highest BCUT2D eigenvalue weighted by molar-refractivity contribution is 7.99. The Bertz CT molecular complexity index is 914. The van der Waals surface area contributed by atoms with Crippen molar-refractivity contribution in [2.75, 3.05) is 5.75 Å². The number of para-hydroxylation sites is 1. The van der Waals surface area contributed by atoms with Gasteiger partial charge in [0.2, 0.25) is 0 Å². The van der Waals surface area contributed by atoms with Gasteiger partial charge in [0.1, 0.15) is 0 Å². The molecule has 0 fully saturated rings. The van der Waals surface area contributed by atoms with Crippen LogP contribution in [0, 0.1) is 6.92 Å². The maximum absolute atomic E-state index is 11.8. The predicted molar refractivity (Wildman–Crippen MR) is 102 cm³/mol. The molecule has 132 valence electrons. The molecule has 3 rings (SSSR count). The van der Waals surface area contributed by atoms with E-state index in [9.17, 15) is 4.79 Å². The molecule has 3 aromatic rings. The molecule has 1 aromatic carbocycles. The van der Waals surface area contributed by atoms with E-state index in [-0.39, 0.29) is 11.7 Å². The lowest BCUT2D eigenvalue weighted by atomic mass is 10.2. The molecule has 2 aromatic heterocycles. The lowest BCUT2D eigenvalue weighted by molar-refractivity contribution is -0.118. The fourth-order valence-electron chi connectivity index (χ4n) is 2.14. The van der Waals surface area contributed by atoms with Gasteiger partial charge in [0, 0.05) is 12.4 Å². The first kappa shape index (κ1) is 18.1. The van der Waals surface area contributed by atoms with Gasteiger partial charge < -0.3 is 0 Å². The molecule has 0 aliphatic rings. The van der Waals surface area contributed by atoms with Crippen molar-refractivity contribution in [2.45, 2.75) is 12.1 Å². The van der Waals surface area contributed by atoms with Crippen molar-refractivity contribution < 1.29 is 4.79 Å². The zero-order valence-electron chi connectivity index (χ0n) is 13.8. The van der Waals surface area contributed by atoms with Gasteiger partial charge >= 0.3 is 0 Å². The Morgan fingerprint density at radius 1 is 1.27 bits per heavy atom. The number of carbonyl (C=O) groups excluding carboxylic acids is 1. The molecule has 0 saturated carbocycles. The standard InChI is InChI=1S/C17H15ClN6OS/c1-12-14(16(18)23-24(12)13-6-3-2-4-7-13)10-21-22-15(25)11-26-17-19-8-5-9-20-17/h2-10H,11H2,1H3,(H,22,25)/b21-10-. The Hall–Kier alpha value is -2.71. The van der Waals surface area contributed by atoms with E-state index >= 15 is 0 Å². The minimum Gasteiger partial charge on any atom is -0.272 e. The summed E-state index contributed by atoms with van der Waals surface area (Å²) in [5.41, 5.74) is 4.83. The van der Waals surface area contributed by atoms with E-state index in [0.717, 1.165) is 11.4 Å². The van der Waals surface area contributed by atoms with Crippen molar-refractivity contribution in [2.24, 2.45) is 5.10 Å². The van der Waals surface area contributed by atoms with Crippen molar-refractivity contribution in [1.29, 1.82) is 0 Å². The average Bonchev–Trinajstić information content (AvgIpc) is 2.96. The van der Waals surface area contributed by atoms with Crippen LogP contribution in [0.2, 0.25) is 5.15 Å². The summed E-state index contributed by atoms with van der Waals surface area (Å²) in [5.74, 6) is -0.0971. The van der Waals surface area contributed by atoms with E-state index < -0.39 is 0 Å². The lowest BCUT2D eigenvalue weighted by Gasteiger charge is -2.03. The first-order valence-corrected chi connectivity index (χ1v) is 9.04. The van der Waals surface area contributed by atoms with Gasteiger partial charge in [0.05, 0.1) is 28.9 Å². The Kier molecular flexibility index (Phi) is 5.98. The number of hydrogen-bond acceptors (Lipinski definition) is 6. The molecule has 0 aliphatic heterocycles. The summed E-state index contributed by atoms with van der Waals surface area (Å²) < 4.78 is 1.73. The van der Waals surface area contributed by atoms with Crippen molar-refractivity contribution in [3.63, 3.8) is 0 Å². The molecular weight excluding hydrogens is 372 g/mol. The Morgan fingerprint density at radius 2 is 2.00 bits per heavy atom. The van der Waals surface area contributed by atoms with Crippen LogP contribution in [-0.4, -0.2) is 37.6 Å². The average molecular weight is 387 g/mol. The summed E-state index contributed by atoms with van der Waals surface area (Å²) >= 11 is 7.43. The molecule has 1 N–H and O–H groups in total. The number of thioether (sulfide) groups is 1. The first-order chi connectivity index (χ1) is 12.6. The third kappa shape index (κ3) is 4.47. The Balaban J connectivity index is 1.62. The smallest absolute Gasteiger partial charge is 0.250 e. The van der Waals surface area contributed by atoms with Gasteiger partial charge in [-0.25, -0.2) is 20.1 Å². The van der Waals surface area contributed by atoms with Crippen LogP contribution in [0.4, 0.5) is 0 Å². The molecule has 9 heteroatoms. The minimum absolute atomic E-state index is 0.164. The first-order valence-electron chi connectivity index (χ1n) is 7.67. The molecule has 0 aliphatic carbocycles. The summed E-state index contributed by atoms with van der Waals surface area (Å²) in [6, 6.07) is 11.4. The van der Waals surface area contributed by atoms with Crippen LogP contribution in [0.1, 0.15) is 11.3 Å². The number of nitrogens with one attached hydrogen (secondary N) is 1. The number of benzene rings is 1. The second kappa shape index (κ2) is 8.59. The van der Waals surface area contributed by atoms with Crippen molar-refractivity contribution >= 4 is 35.5 Å². The molecule has 0 saturated heterocycles. The number of halogens is 1. The summed E-state index contributed by atoms with van der Waals surface area (Å²) in [5, 5.41) is 9.13. The number of aromatic nitrogens is 4. The van der Waals surface area contributed by atoms with E-state index in [4.69, 9.17) is 11.6 Å². The van der Waals surface area contributed by atoms with Gasteiger partial charge in [-0.2, -0.15) is 10.2 Å². The van der Waals surface area contributed by atoms with Crippen LogP contribution in [0.5, 0.6) is 0 Å². The highest BCUT2D eigenvalue weighted by atomic mass is 35.5. The van der Waals surface area contributed by atoms with Crippen LogP contribution in [0.15, 0.2) is 59.0 Å². The largest absolute Gasteiger partial charge is 0.272 e. The second-order valence-electron chi connectivity index (χ2n) is 5.15. The highest BCUT2D eigenvalue weighted by Crippen LogP contribution is 2.20. The van der Waals surface area contributed by atoms with Gasteiger partial charge in [-0.15, -0.1) is 0 Å². The summed E-state index contributed by atoms with van der Waals surface area (Å²) in [4.78, 5) is 19.9. The van der Waals surface area contributed by atoms with Crippen molar-refractivity contribution in [1.82, 2.24) is 25.2 Å². The predicted octanol–water partition coefficient (Wildman–Crippen LogP) is 2.87. The van der Waals surface area contributed by atoms with E-state index in [0.29, 0.717) is 15.9 Å². The Labute approximate surface area is 159 Å². The zero-order chi connectivity index (χ0) is 18.4. The van der Waals surface area contributed by atoms with Gasteiger partial charge in [-0.3, -0.25) is 4.79 Å². The third-order valence-corrected chi connectivity index (χ3v) is 4.53. The van der Waals surface area contributed by atoms with Gasteiger partial charge in [0.15, 0.2) is 10.3 Å². The maximum atomic E-state index is 11.8. The number of hydrazone groups is 1. The molecule has 0 atom stereocenters. The maximum Gasteiger partial charge on any atom is 0.250 e. The van der Waals surface area contributed by atoms with E-state index in [1.54, 1.807) is 23.1 Å². The fraction of sp³-hybridized carbons (Fsp3) is 0.118. The molecule has 26 heavy (non-hydrogen) atoms. The quantitative estimate of drug-likeness (QED) is 0.305. The van der Waals surface area contributed by atoms with E-state index in [1.807, 2.05) is 37.3 Å². The monoisotopic (exact) mass is 386 g/mol. The molecule has 0 bridgehead atoms. The van der Waals surface area contributed by atoms with Crippen LogP contribution in [0.25, 0.3) is 5.69 Å².